The number of carbonyl (C=O) groups excluding carboxylic acids is 1. The summed E-state index contributed by atoms with van der Waals surface area (Å²) in [6, 6.07) is 0. The third-order valence-electron chi connectivity index (χ3n) is 4.33. The van der Waals surface area contributed by atoms with Crippen LogP contribution in [0.1, 0.15) is 111 Å². The highest BCUT2D eigenvalue weighted by Gasteiger charge is 2.08. The Morgan fingerprint density at radius 3 is 1.59 bits per heavy atom. The molecule has 0 rings (SSSR count). The van der Waals surface area contributed by atoms with E-state index in [1.165, 1.54) is 71.1 Å². The average molecular weight is 391 g/mol. The zero-order chi connectivity index (χ0) is 20.9. The Balaban J connectivity index is 0. The number of ether oxygens (including phenoxy) is 1. The molecule has 27 heavy (non-hydrogen) atoms. The molecule has 0 aromatic rings. The predicted octanol–water partition coefficient (Wildman–Crippen LogP) is 4.75. The van der Waals surface area contributed by atoms with Gasteiger partial charge >= 0.3 is 5.97 Å². The minimum atomic E-state index is -0.778. The first-order valence-electron chi connectivity index (χ1n) is 11.0. The van der Waals surface area contributed by atoms with Crippen molar-refractivity contribution in [2.75, 3.05) is 6.61 Å². The molecule has 0 spiro atoms. The summed E-state index contributed by atoms with van der Waals surface area (Å²) in [6.45, 7) is 7.47. The first-order chi connectivity index (χ1) is 12.8. The van der Waals surface area contributed by atoms with Crippen molar-refractivity contribution in [1.82, 2.24) is 0 Å². The van der Waals surface area contributed by atoms with Crippen LogP contribution in [0.4, 0.5) is 0 Å². The quantitative estimate of drug-likeness (QED) is 0.261. The molecule has 0 amide bonds. The van der Waals surface area contributed by atoms with Gasteiger partial charge in [-0.25, -0.2) is 0 Å². The van der Waals surface area contributed by atoms with Crippen LogP contribution in [0.25, 0.3) is 0 Å². The van der Waals surface area contributed by atoms with Gasteiger partial charge in [0, 0.05) is 13.0 Å². The normalized spacial score (nSPS) is 13.0. The molecule has 5 heteroatoms. The van der Waals surface area contributed by atoms with Crippen LogP contribution in [0.5, 0.6) is 0 Å². The first kappa shape index (κ1) is 28.6. The van der Waals surface area contributed by atoms with Crippen LogP contribution in [-0.2, 0) is 9.53 Å². The van der Waals surface area contributed by atoms with Crippen molar-refractivity contribution in [2.24, 2.45) is 0 Å². The minimum Gasteiger partial charge on any atom is -0.463 e. The summed E-state index contributed by atoms with van der Waals surface area (Å²) in [5.41, 5.74) is 0. The maximum absolute atomic E-state index is 11.3. The number of unbranched alkanes of at least 4 members (excludes halogenated alkanes) is 10. The highest BCUT2D eigenvalue weighted by molar-refractivity contribution is 5.69. The van der Waals surface area contributed by atoms with Crippen LogP contribution in [0, 0.1) is 0 Å². The van der Waals surface area contributed by atoms with E-state index >= 15 is 0 Å². The predicted molar refractivity (Wildman–Crippen MR) is 112 cm³/mol. The van der Waals surface area contributed by atoms with Crippen molar-refractivity contribution in [3.63, 3.8) is 0 Å². The van der Waals surface area contributed by atoms with Crippen LogP contribution in [0.2, 0.25) is 0 Å². The van der Waals surface area contributed by atoms with Gasteiger partial charge in [0.1, 0.15) is 0 Å². The van der Waals surface area contributed by atoms with E-state index in [9.17, 15) is 4.79 Å². The molecule has 5 nitrogen and oxygen atoms in total. The van der Waals surface area contributed by atoms with E-state index in [-0.39, 0.29) is 25.1 Å². The summed E-state index contributed by atoms with van der Waals surface area (Å²) in [7, 11) is 0. The van der Waals surface area contributed by atoms with E-state index in [1.54, 1.807) is 0 Å². The van der Waals surface area contributed by atoms with E-state index in [0.29, 0.717) is 6.42 Å². The molecule has 0 aliphatic rings. The zero-order valence-corrected chi connectivity index (χ0v) is 18.3. The molecule has 0 aromatic carbocycles. The molecular weight excluding hydrogens is 344 g/mol. The Hall–Kier alpha value is -0.650. The number of aliphatic hydroxyl groups excluding tert-OH is 3. The van der Waals surface area contributed by atoms with Crippen molar-refractivity contribution in [3.8, 4) is 0 Å². The fraction of sp³-hybridized carbons (Fsp3) is 0.955. The highest BCUT2D eigenvalue weighted by atomic mass is 16.5. The largest absolute Gasteiger partial charge is 0.463 e. The molecule has 0 aliphatic heterocycles. The lowest BCUT2D eigenvalue weighted by molar-refractivity contribution is -0.147. The van der Waals surface area contributed by atoms with Crippen molar-refractivity contribution >= 4 is 5.97 Å². The second kappa shape index (κ2) is 21.6. The van der Waals surface area contributed by atoms with E-state index in [0.717, 1.165) is 6.42 Å². The van der Waals surface area contributed by atoms with Gasteiger partial charge in [-0.2, -0.15) is 0 Å². The van der Waals surface area contributed by atoms with Gasteiger partial charge in [-0.15, -0.1) is 0 Å². The minimum absolute atomic E-state index is 0.0280. The van der Waals surface area contributed by atoms with E-state index in [4.69, 9.17) is 20.1 Å². The molecular formula is C22H46O5. The van der Waals surface area contributed by atoms with Gasteiger partial charge < -0.3 is 20.1 Å². The smallest absolute Gasteiger partial charge is 0.306 e. The Bertz CT molecular complexity index is 305. The molecule has 0 fully saturated rings. The van der Waals surface area contributed by atoms with Crippen molar-refractivity contribution in [1.29, 1.82) is 0 Å². The first-order valence-corrected chi connectivity index (χ1v) is 11.0. The molecule has 0 bridgehead atoms. The zero-order valence-electron chi connectivity index (χ0n) is 18.3. The molecule has 0 heterocycles. The summed E-state index contributed by atoms with van der Waals surface area (Å²) in [6.07, 6.45) is 13.8. The van der Waals surface area contributed by atoms with Gasteiger partial charge in [-0.05, 0) is 33.6 Å². The monoisotopic (exact) mass is 390 g/mol. The Morgan fingerprint density at radius 2 is 1.26 bits per heavy atom. The number of esters is 1. The van der Waals surface area contributed by atoms with Gasteiger partial charge in [-0.1, -0.05) is 71.1 Å². The molecule has 0 aromatic heterocycles. The number of rotatable bonds is 16. The summed E-state index contributed by atoms with van der Waals surface area (Å²) >= 11 is 0. The fourth-order valence-electron chi connectivity index (χ4n) is 2.63. The van der Waals surface area contributed by atoms with Gasteiger partial charge in [-0.3, -0.25) is 4.79 Å². The summed E-state index contributed by atoms with van der Waals surface area (Å²) < 4.78 is 5.10. The summed E-state index contributed by atoms with van der Waals surface area (Å²) in [4.78, 5) is 11.3. The Morgan fingerprint density at radius 1 is 0.815 bits per heavy atom. The third-order valence-corrected chi connectivity index (χ3v) is 4.33. The van der Waals surface area contributed by atoms with Crippen molar-refractivity contribution in [2.45, 2.75) is 129 Å². The molecule has 0 aliphatic carbocycles. The highest BCUT2D eigenvalue weighted by Crippen LogP contribution is 2.12. The summed E-state index contributed by atoms with van der Waals surface area (Å²) in [5.74, 6) is -0.0362. The lowest BCUT2D eigenvalue weighted by Gasteiger charge is -2.10. The molecule has 2 atom stereocenters. The lowest BCUT2D eigenvalue weighted by Crippen LogP contribution is -2.23. The van der Waals surface area contributed by atoms with Gasteiger partial charge in [0.25, 0.3) is 0 Å². The van der Waals surface area contributed by atoms with Crippen LogP contribution >= 0.6 is 0 Å². The molecule has 164 valence electrons. The average Bonchev–Trinajstić information content (AvgIpc) is 2.59. The van der Waals surface area contributed by atoms with E-state index < -0.39 is 12.2 Å². The summed E-state index contributed by atoms with van der Waals surface area (Å²) in [5, 5.41) is 25.5. The van der Waals surface area contributed by atoms with E-state index in [2.05, 4.69) is 6.92 Å². The van der Waals surface area contributed by atoms with Crippen LogP contribution in [-0.4, -0.2) is 46.2 Å². The third kappa shape index (κ3) is 25.3. The molecule has 3 N–H and O–H groups in total. The number of aliphatic hydroxyl groups is 3. The van der Waals surface area contributed by atoms with Crippen LogP contribution < -0.4 is 0 Å². The molecule has 2 unspecified atom stereocenters. The fourth-order valence-corrected chi connectivity index (χ4v) is 2.63. The molecule has 0 saturated carbocycles. The van der Waals surface area contributed by atoms with Crippen molar-refractivity contribution in [3.05, 3.63) is 0 Å². The van der Waals surface area contributed by atoms with Gasteiger partial charge in [0.2, 0.25) is 0 Å². The second-order valence-electron chi connectivity index (χ2n) is 7.64. The number of hydrogen-bond acceptors (Lipinski definition) is 5. The van der Waals surface area contributed by atoms with Gasteiger partial charge in [0.05, 0.1) is 18.3 Å². The standard InChI is InChI=1S/C17H34O2.C5H12O3/c1-4-5-6-7-8-9-10-11-12-13-14-15-17(18)19-16(2)3;1-4(7)5(8)2-3-6/h16H,4-15H2,1-3H3;4-8H,2-3H2,1H3. The maximum atomic E-state index is 11.3. The van der Waals surface area contributed by atoms with Crippen molar-refractivity contribution < 1.29 is 24.9 Å². The Kier molecular flexibility index (Phi) is 22.9. The molecule has 0 radical (unpaired) electrons. The maximum Gasteiger partial charge on any atom is 0.306 e. The Labute approximate surface area is 167 Å². The topological polar surface area (TPSA) is 87.0 Å². The van der Waals surface area contributed by atoms with Crippen LogP contribution in [0.3, 0.4) is 0 Å². The molecule has 0 saturated heterocycles. The van der Waals surface area contributed by atoms with Crippen LogP contribution in [0.15, 0.2) is 0 Å². The number of hydrogen-bond donors (Lipinski definition) is 3. The SMILES string of the molecule is CC(O)C(O)CCO.CCCCCCCCCCCCCC(=O)OC(C)C. The van der Waals surface area contributed by atoms with Gasteiger partial charge in [0.15, 0.2) is 0 Å². The lowest BCUT2D eigenvalue weighted by atomic mass is 10.1. The second-order valence-corrected chi connectivity index (χ2v) is 7.64. The van der Waals surface area contributed by atoms with E-state index in [1.807, 2.05) is 13.8 Å². The number of carbonyl (C=O) groups is 1.